The van der Waals surface area contributed by atoms with E-state index in [0.29, 0.717) is 17.8 Å². The molecule has 0 aliphatic heterocycles. The molecule has 5 aliphatic carbocycles. The van der Waals surface area contributed by atoms with E-state index in [-0.39, 0.29) is 95.7 Å². The molecule has 9 heterocycles. The summed E-state index contributed by atoms with van der Waals surface area (Å²) < 4.78 is 0. The molecule has 5 aliphatic rings. The van der Waals surface area contributed by atoms with Gasteiger partial charge in [-0.05, 0) is 249 Å². The van der Waals surface area contributed by atoms with Gasteiger partial charge in [-0.25, -0.2) is 4.98 Å². The van der Waals surface area contributed by atoms with E-state index in [4.69, 9.17) is 20.1 Å². The molecule has 21 rings (SSSR count). The molecule has 7 aromatic carbocycles. The van der Waals surface area contributed by atoms with Crippen molar-refractivity contribution < 1.29 is 76.4 Å². The number of pyridine rings is 9. The summed E-state index contributed by atoms with van der Waals surface area (Å²) in [5.41, 5.74) is 39.8. The Morgan fingerprint density at radius 1 is 0.330 bits per heavy atom. The minimum atomic E-state index is 0. The first-order valence-corrected chi connectivity index (χ1v) is 39.9. The number of aliphatic hydroxyl groups is 1. The molecule has 0 saturated carbocycles. The summed E-state index contributed by atoms with van der Waals surface area (Å²) in [4.78, 5) is 43.3. The Morgan fingerprint density at radius 2 is 0.730 bits per heavy atom. The standard InChI is InChI=1S/C64H67N3.3C12H8N2.C2H6O.Ar.2Co/c1-24-20-43-22-65-63-55(50(43)31(8)25(24)2)39(16)40(17)57-54-36(13)29(6)33(10)48-42(19)49-41(18)47-32(9)28(5)35(12)53-51-37(14)38(15)56-52-34(11)27(4)26(3)30(7)46(52)23-66-61(56)45(51)21-44(58(47)53)59(49)62(60(48)54)67-64(57)63;3*1-3-9-5-6-10-4-2-8-14-12(10)11(9)13-7-1;1-2-3;;;/h20-23,25,30,33-34,38,40H,1-19H3;3*1-8H;3H,2H2,1H3;;;/t25-,30-,33-,34+,38-,40-;;;;;;;/m1......./s1. The number of aryl methyl sites for hydroxylation is 4. The fraction of sp³-hybridized carbons (Fsp3) is 0.265. The minimum Gasteiger partial charge on any atom is -0.397 e. The van der Waals surface area contributed by atoms with Crippen molar-refractivity contribution >= 4 is 137 Å². The number of hydrogen-bond acceptors (Lipinski definition) is 10. The van der Waals surface area contributed by atoms with Crippen LogP contribution in [0.3, 0.4) is 0 Å². The second kappa shape index (κ2) is 31.9. The van der Waals surface area contributed by atoms with Crippen molar-refractivity contribution in [3.63, 3.8) is 0 Å². The minimum absolute atomic E-state index is 0. The molecule has 0 amide bonds. The fourth-order valence-corrected chi connectivity index (χ4v) is 19.8. The second-order valence-electron chi connectivity index (χ2n) is 32.3. The number of aromatic nitrogens is 9. The van der Waals surface area contributed by atoms with E-state index < -0.39 is 0 Å². The van der Waals surface area contributed by atoms with Crippen LogP contribution >= 0.6 is 0 Å². The predicted molar refractivity (Wildman–Crippen MR) is 472 cm³/mol. The van der Waals surface area contributed by atoms with Gasteiger partial charge in [0.2, 0.25) is 0 Å². The third kappa shape index (κ3) is 12.8. The Hall–Kier alpha value is -9.32. The molecule has 0 fully saturated rings. The van der Waals surface area contributed by atoms with Crippen molar-refractivity contribution in [2.75, 3.05) is 6.61 Å². The van der Waals surface area contributed by atoms with E-state index in [0.717, 1.165) is 82.3 Å². The largest absolute Gasteiger partial charge is 0.397 e. The topological polar surface area (TPSA) is 136 Å². The zero-order chi connectivity index (χ0) is 78.5. The average Bonchev–Trinajstić information content (AvgIpc) is 0.671. The van der Waals surface area contributed by atoms with Crippen LogP contribution in [0.5, 0.6) is 0 Å². The van der Waals surface area contributed by atoms with Crippen LogP contribution in [0.25, 0.3) is 160 Å². The number of hydrogen-bond donors (Lipinski definition) is 1. The van der Waals surface area contributed by atoms with Gasteiger partial charge < -0.3 is 5.11 Å². The van der Waals surface area contributed by atoms with E-state index in [1.54, 1.807) is 44.1 Å². The Balaban J connectivity index is 0.000000181. The van der Waals surface area contributed by atoms with Gasteiger partial charge in [0.05, 0.1) is 55.7 Å². The van der Waals surface area contributed by atoms with Crippen molar-refractivity contribution in [1.29, 1.82) is 0 Å². The Labute approximate surface area is 724 Å². The fourth-order valence-electron chi connectivity index (χ4n) is 19.8. The van der Waals surface area contributed by atoms with Gasteiger partial charge in [-0.15, -0.1) is 0 Å². The monoisotopic (exact) mass is 1620 g/mol. The van der Waals surface area contributed by atoms with Gasteiger partial charge >= 0.3 is 0 Å². The van der Waals surface area contributed by atoms with Crippen molar-refractivity contribution in [3.05, 3.63) is 270 Å². The van der Waals surface area contributed by atoms with Gasteiger partial charge in [-0.1, -0.05) is 159 Å². The molecule has 16 aromatic rings. The van der Waals surface area contributed by atoms with Crippen molar-refractivity contribution in [1.82, 2.24) is 44.9 Å². The predicted octanol–water partition coefficient (Wildman–Crippen LogP) is 23.7. The molecule has 10 nitrogen and oxygen atoms in total. The zero-order valence-corrected chi connectivity index (χ0v) is 72.1. The number of rotatable bonds is 0. The molecule has 6 atom stereocenters. The maximum Gasteiger partial charge on any atom is 0.0968 e. The number of benzene rings is 7. The molecular formula is C102H97ArCo2N9O. The summed E-state index contributed by atoms with van der Waals surface area (Å²) in [6, 6.07) is 39.0. The van der Waals surface area contributed by atoms with Gasteiger partial charge in [0.25, 0.3) is 0 Å². The SMILES string of the molecule is CC1=Cc2cnc3c(c2=C(C)[C@@H]1C)=C(C)[C@@H](C)c1c-3nc2c3c1C(C)=C(C)[C@@H](C)c3c(C)c1c(C)c3c(C)c(C)c(C)c4c5c(cc(c34)c12)-c1ncc2c(c1[C@H](C)C=5C)[C@@H](C)C(C)=C(C)[C@H]2C.CCO.[Ar].[Co].[Co].c1cnc2c(c1)ccc1cccnc12.c1cnc2c(c1)ccc1cccnc12.c1cnc2c(c1)ccc1cccnc12. The summed E-state index contributed by atoms with van der Waals surface area (Å²) in [6.07, 6.45) is 17.6. The molecule has 0 unspecified atom stereocenters. The molecule has 9 aromatic heterocycles. The van der Waals surface area contributed by atoms with Crippen LogP contribution in [-0.4, -0.2) is 56.6 Å². The molecule has 582 valence electrons. The molecule has 0 bridgehead atoms. The van der Waals surface area contributed by atoms with Crippen molar-refractivity contribution in [2.24, 2.45) is 5.92 Å². The summed E-state index contributed by atoms with van der Waals surface area (Å²) in [6.45, 7) is 47.3. The van der Waals surface area contributed by atoms with Gasteiger partial charge in [-0.3, -0.25) is 39.9 Å². The molecule has 0 saturated heterocycles. The first-order valence-electron chi connectivity index (χ1n) is 39.9. The Morgan fingerprint density at radius 3 is 1.21 bits per heavy atom. The second-order valence-corrected chi connectivity index (χ2v) is 32.3. The third-order valence-corrected chi connectivity index (χ3v) is 27.0. The van der Waals surface area contributed by atoms with E-state index in [1.165, 1.54) is 176 Å². The summed E-state index contributed by atoms with van der Waals surface area (Å²) in [5.74, 6) is 1.76. The Bertz CT molecular complexity index is 6690. The van der Waals surface area contributed by atoms with Crippen molar-refractivity contribution in [3.8, 4) is 22.6 Å². The zero-order valence-electron chi connectivity index (χ0n) is 69.3. The van der Waals surface area contributed by atoms with Crippen LogP contribution in [0.4, 0.5) is 0 Å². The van der Waals surface area contributed by atoms with Gasteiger partial charge in [-0.2, -0.15) is 0 Å². The van der Waals surface area contributed by atoms with Gasteiger partial charge in [0.15, 0.2) is 0 Å². The first-order chi connectivity index (χ1) is 54.0. The van der Waals surface area contributed by atoms with Crippen LogP contribution < -0.4 is 15.7 Å². The van der Waals surface area contributed by atoms with Crippen LogP contribution in [0.1, 0.15) is 200 Å². The smallest absolute Gasteiger partial charge is 0.0968 e. The third-order valence-electron chi connectivity index (χ3n) is 27.0. The molecular weight excluding hydrogens is 1520 g/mol. The number of allylic oxidation sites excluding steroid dienone is 5. The summed E-state index contributed by atoms with van der Waals surface area (Å²) in [5, 5.41) is 28.0. The molecule has 1 N–H and O–H groups in total. The van der Waals surface area contributed by atoms with Gasteiger partial charge in [0.1, 0.15) is 0 Å². The van der Waals surface area contributed by atoms with E-state index >= 15 is 0 Å². The maximum atomic E-state index is 7.57. The normalized spacial score (nSPS) is 17.5. The van der Waals surface area contributed by atoms with Crippen molar-refractivity contribution in [2.45, 2.75) is 168 Å². The number of fused-ring (bicyclic) bond motifs is 24. The number of aliphatic hydroxyl groups excluding tert-OH is 1. The maximum absolute atomic E-state index is 7.57. The average molecular weight is 1620 g/mol. The van der Waals surface area contributed by atoms with Crippen LogP contribution in [-0.2, 0) is 33.6 Å². The molecule has 0 spiro atoms. The summed E-state index contributed by atoms with van der Waals surface area (Å²) in [7, 11) is 0. The molecule has 2 radical (unpaired) electrons. The van der Waals surface area contributed by atoms with E-state index in [1.807, 2.05) is 36.4 Å². The van der Waals surface area contributed by atoms with Gasteiger partial charge in [0, 0.05) is 217 Å². The number of nitrogens with zero attached hydrogens (tertiary/aromatic N) is 9. The quantitative estimate of drug-likeness (QED) is 0.0888. The molecule has 115 heavy (non-hydrogen) atoms. The first kappa shape index (κ1) is 82.2. The Kier molecular flexibility index (Phi) is 22.8. The van der Waals surface area contributed by atoms with Crippen LogP contribution in [0.15, 0.2) is 187 Å². The van der Waals surface area contributed by atoms with E-state index in [9.17, 15) is 0 Å². The van der Waals surface area contributed by atoms with Crippen LogP contribution in [0, 0.1) is 78.3 Å². The summed E-state index contributed by atoms with van der Waals surface area (Å²) >= 11 is 0. The van der Waals surface area contributed by atoms with E-state index in [2.05, 4.69) is 259 Å². The van der Waals surface area contributed by atoms with Crippen LogP contribution in [0.2, 0.25) is 0 Å². The molecule has 13 heteroatoms.